The first-order chi connectivity index (χ1) is 12.8. The second-order valence-electron chi connectivity index (χ2n) is 5.79. The Bertz CT molecular complexity index is 868. The number of esters is 2. The molecule has 6 nitrogen and oxygen atoms in total. The summed E-state index contributed by atoms with van der Waals surface area (Å²) in [4.78, 5) is 23.0. The number of nitriles is 1. The summed E-state index contributed by atoms with van der Waals surface area (Å²) in [5, 5.41) is 6.41. The maximum Gasteiger partial charge on any atom is 0.464 e. The molecule has 1 heterocycles. The summed E-state index contributed by atoms with van der Waals surface area (Å²) in [5.41, 5.74) is -1.32. The van der Waals surface area contributed by atoms with Crippen molar-refractivity contribution in [2.45, 2.75) is 36.0 Å². The standard InChI is InChI=1S/C16H11F5N2O4S/c1-14(2)26-12(24)9(13(25)27-14)7-23-10-4-3-5-11(8(10)6-22)28-16(20,21)15(17,18)19/h3-5,7,23H,1-2H3. The van der Waals surface area contributed by atoms with Crippen molar-refractivity contribution in [3.63, 3.8) is 0 Å². The molecule has 28 heavy (non-hydrogen) atoms. The number of halogens is 5. The third kappa shape index (κ3) is 4.53. The van der Waals surface area contributed by atoms with Crippen LogP contribution in [0.25, 0.3) is 0 Å². The van der Waals surface area contributed by atoms with E-state index in [1.807, 2.05) is 0 Å². The minimum absolute atomic E-state index is 0.205. The van der Waals surface area contributed by atoms with Gasteiger partial charge in [-0.3, -0.25) is 0 Å². The minimum Gasteiger partial charge on any atom is -0.419 e. The molecule has 12 heteroatoms. The number of hydrogen-bond donors (Lipinski definition) is 1. The lowest BCUT2D eigenvalue weighted by Crippen LogP contribution is -2.42. The van der Waals surface area contributed by atoms with Crippen LogP contribution in [0, 0.1) is 11.3 Å². The zero-order valence-corrected chi connectivity index (χ0v) is 15.0. The number of carbonyl (C=O) groups excluding carboxylic acids is 2. The Morgan fingerprint density at radius 2 is 1.71 bits per heavy atom. The molecule has 1 N–H and O–H groups in total. The van der Waals surface area contributed by atoms with Gasteiger partial charge in [0.2, 0.25) is 0 Å². The molecule has 0 unspecified atom stereocenters. The van der Waals surface area contributed by atoms with Crippen molar-refractivity contribution in [2.24, 2.45) is 0 Å². The molecule has 1 aliphatic heterocycles. The van der Waals surface area contributed by atoms with Crippen LogP contribution < -0.4 is 5.32 Å². The van der Waals surface area contributed by atoms with Crippen molar-refractivity contribution in [2.75, 3.05) is 5.32 Å². The number of benzene rings is 1. The molecule has 1 saturated heterocycles. The summed E-state index contributed by atoms with van der Waals surface area (Å²) in [6, 6.07) is 4.74. The molecular formula is C16H11F5N2O4S. The van der Waals surface area contributed by atoms with Crippen LogP contribution >= 0.6 is 11.8 Å². The van der Waals surface area contributed by atoms with E-state index in [1.165, 1.54) is 26.0 Å². The number of nitrogens with one attached hydrogen (secondary N) is 1. The predicted octanol–water partition coefficient (Wildman–Crippen LogP) is 3.94. The predicted molar refractivity (Wildman–Crippen MR) is 86.0 cm³/mol. The fraction of sp³-hybridized carbons (Fsp3) is 0.312. The van der Waals surface area contributed by atoms with Crippen molar-refractivity contribution in [3.05, 3.63) is 35.5 Å². The summed E-state index contributed by atoms with van der Waals surface area (Å²) in [7, 11) is 0. The number of cyclic esters (lactones) is 2. The highest BCUT2D eigenvalue weighted by Gasteiger charge is 2.58. The average Bonchev–Trinajstić information content (AvgIpc) is 2.51. The lowest BCUT2D eigenvalue weighted by atomic mass is 10.2. The molecule has 1 aliphatic rings. The molecule has 0 aliphatic carbocycles. The second-order valence-corrected chi connectivity index (χ2v) is 6.95. The number of ether oxygens (including phenoxy) is 2. The Kier molecular flexibility index (Phi) is 5.61. The highest BCUT2D eigenvalue weighted by Crippen LogP contribution is 2.48. The smallest absolute Gasteiger partial charge is 0.419 e. The minimum atomic E-state index is -5.82. The van der Waals surface area contributed by atoms with Crippen molar-refractivity contribution >= 4 is 29.4 Å². The van der Waals surface area contributed by atoms with Gasteiger partial charge in [-0.15, -0.1) is 0 Å². The zero-order valence-electron chi connectivity index (χ0n) is 14.2. The number of thioether (sulfide) groups is 1. The number of alkyl halides is 5. The van der Waals surface area contributed by atoms with Gasteiger partial charge in [0, 0.05) is 24.9 Å². The van der Waals surface area contributed by atoms with Gasteiger partial charge in [0.05, 0.1) is 11.3 Å². The quantitative estimate of drug-likeness (QED) is 0.259. The van der Waals surface area contributed by atoms with E-state index in [9.17, 15) is 36.8 Å². The SMILES string of the molecule is CC1(C)OC(=O)C(=CNc2cccc(SC(F)(F)C(F)(F)F)c2C#N)C(=O)O1. The van der Waals surface area contributed by atoms with Gasteiger partial charge in [0.25, 0.3) is 5.79 Å². The van der Waals surface area contributed by atoms with E-state index in [0.29, 0.717) is 0 Å². The molecule has 1 fully saturated rings. The summed E-state index contributed by atoms with van der Waals surface area (Å²) in [6.07, 6.45) is -5.01. The maximum absolute atomic E-state index is 13.3. The van der Waals surface area contributed by atoms with Gasteiger partial charge >= 0.3 is 23.4 Å². The summed E-state index contributed by atoms with van der Waals surface area (Å²) >= 11 is -0.844. The molecule has 1 aromatic carbocycles. The van der Waals surface area contributed by atoms with Gasteiger partial charge in [-0.25, -0.2) is 9.59 Å². The number of rotatable bonds is 4. The van der Waals surface area contributed by atoms with Crippen LogP contribution in [0.1, 0.15) is 19.4 Å². The lowest BCUT2D eigenvalue weighted by Gasteiger charge is -2.29. The number of hydrogen-bond acceptors (Lipinski definition) is 7. The molecule has 0 atom stereocenters. The topological polar surface area (TPSA) is 88.4 Å². The van der Waals surface area contributed by atoms with Crippen molar-refractivity contribution in [1.29, 1.82) is 5.26 Å². The van der Waals surface area contributed by atoms with E-state index in [4.69, 9.17) is 9.47 Å². The summed E-state index contributed by atoms with van der Waals surface area (Å²) < 4.78 is 73.5. The highest BCUT2D eigenvalue weighted by molar-refractivity contribution is 8.00. The van der Waals surface area contributed by atoms with Crippen molar-refractivity contribution < 1.29 is 41.0 Å². The first kappa shape index (κ1) is 21.5. The molecule has 0 amide bonds. The lowest BCUT2D eigenvalue weighted by molar-refractivity contribution is -0.237. The third-order valence-electron chi connectivity index (χ3n) is 3.19. The van der Waals surface area contributed by atoms with Crippen LogP contribution in [0.5, 0.6) is 0 Å². The Balaban J connectivity index is 2.32. The summed E-state index contributed by atoms with van der Waals surface area (Å²) in [6.45, 7) is 2.64. The van der Waals surface area contributed by atoms with Crippen LogP contribution in [0.4, 0.5) is 27.6 Å². The normalized spacial score (nSPS) is 16.7. The Labute approximate surface area is 159 Å². The van der Waals surface area contributed by atoms with Crippen LogP contribution in [0.3, 0.4) is 0 Å². The Morgan fingerprint density at radius 3 is 2.21 bits per heavy atom. The van der Waals surface area contributed by atoms with Crippen molar-refractivity contribution in [1.82, 2.24) is 0 Å². The zero-order chi connectivity index (χ0) is 21.3. The van der Waals surface area contributed by atoms with Crippen LogP contribution in [-0.4, -0.2) is 29.2 Å². The largest absolute Gasteiger partial charge is 0.464 e. The summed E-state index contributed by atoms with van der Waals surface area (Å²) in [5.74, 6) is -3.56. The molecule has 0 bridgehead atoms. The van der Waals surface area contributed by atoms with Gasteiger partial charge < -0.3 is 14.8 Å². The second kappa shape index (κ2) is 7.31. The van der Waals surface area contributed by atoms with Crippen LogP contribution in [-0.2, 0) is 19.1 Å². The average molecular weight is 422 g/mol. The first-order valence-corrected chi connectivity index (χ1v) is 8.19. The first-order valence-electron chi connectivity index (χ1n) is 7.37. The molecule has 0 saturated carbocycles. The van der Waals surface area contributed by atoms with E-state index in [-0.39, 0.29) is 5.69 Å². The molecule has 1 aromatic rings. The third-order valence-corrected chi connectivity index (χ3v) is 4.24. The number of nitrogens with zero attached hydrogens (tertiary/aromatic N) is 1. The molecule has 0 radical (unpaired) electrons. The molecule has 0 aromatic heterocycles. The molecule has 0 spiro atoms. The van der Waals surface area contributed by atoms with Gasteiger partial charge in [0.15, 0.2) is 5.57 Å². The van der Waals surface area contributed by atoms with Gasteiger partial charge in [-0.2, -0.15) is 27.2 Å². The molecule has 2 rings (SSSR count). The van der Waals surface area contributed by atoms with Gasteiger partial charge in [-0.05, 0) is 23.9 Å². The van der Waals surface area contributed by atoms with E-state index in [2.05, 4.69) is 5.32 Å². The van der Waals surface area contributed by atoms with E-state index in [0.717, 1.165) is 18.3 Å². The van der Waals surface area contributed by atoms with E-state index >= 15 is 0 Å². The number of carbonyl (C=O) groups is 2. The molecular weight excluding hydrogens is 411 g/mol. The van der Waals surface area contributed by atoms with Crippen LogP contribution in [0.15, 0.2) is 34.9 Å². The number of anilines is 1. The van der Waals surface area contributed by atoms with Crippen molar-refractivity contribution in [3.8, 4) is 6.07 Å². The maximum atomic E-state index is 13.3. The van der Waals surface area contributed by atoms with Gasteiger partial charge in [-0.1, -0.05) is 6.07 Å². The fourth-order valence-electron chi connectivity index (χ4n) is 1.98. The Hall–Kier alpha value is -2.81. The van der Waals surface area contributed by atoms with E-state index < -0.39 is 57.0 Å². The highest BCUT2D eigenvalue weighted by atomic mass is 32.2. The Morgan fingerprint density at radius 1 is 1.14 bits per heavy atom. The molecule has 150 valence electrons. The monoisotopic (exact) mass is 422 g/mol. The van der Waals surface area contributed by atoms with Gasteiger partial charge in [0.1, 0.15) is 6.07 Å². The van der Waals surface area contributed by atoms with Crippen LogP contribution in [0.2, 0.25) is 0 Å². The van der Waals surface area contributed by atoms with E-state index in [1.54, 1.807) is 0 Å². The fourth-order valence-corrected chi connectivity index (χ4v) is 2.77.